The van der Waals surface area contributed by atoms with Gasteiger partial charge in [0.25, 0.3) is 0 Å². The average molecular weight is 412 g/mol. The number of benzene rings is 1. The number of nitrogens with zero attached hydrogens (tertiary/aromatic N) is 1. The maximum Gasteiger partial charge on any atom is 0.320 e. The van der Waals surface area contributed by atoms with Crippen molar-refractivity contribution in [3.63, 3.8) is 0 Å². The number of likely N-dealkylation sites (tertiary alicyclic amines) is 1. The van der Waals surface area contributed by atoms with Gasteiger partial charge >= 0.3 is 5.97 Å². The molecule has 27 heavy (non-hydrogen) atoms. The summed E-state index contributed by atoms with van der Waals surface area (Å²) < 4.78 is 11.8. The molecule has 0 saturated carbocycles. The van der Waals surface area contributed by atoms with Gasteiger partial charge in [-0.1, -0.05) is 51.1 Å². The van der Waals surface area contributed by atoms with Crippen LogP contribution in [0.25, 0.3) is 0 Å². The summed E-state index contributed by atoms with van der Waals surface area (Å²) >= 11 is 5.78. The van der Waals surface area contributed by atoms with Crippen molar-refractivity contribution in [2.24, 2.45) is 0 Å². The van der Waals surface area contributed by atoms with E-state index in [0.29, 0.717) is 13.0 Å². The number of hydrogen-bond acceptors (Lipinski definition) is 5. The van der Waals surface area contributed by atoms with Gasteiger partial charge in [0, 0.05) is 6.54 Å². The van der Waals surface area contributed by atoms with Gasteiger partial charge in [-0.25, -0.2) is 0 Å². The minimum atomic E-state index is -1.96. The predicted octanol–water partition coefficient (Wildman–Crippen LogP) is 3.96. The molecule has 1 fully saturated rings. The highest BCUT2D eigenvalue weighted by Crippen LogP contribution is 2.39. The van der Waals surface area contributed by atoms with Gasteiger partial charge in [-0.3, -0.25) is 14.5 Å². The zero-order chi connectivity index (χ0) is 20.2. The lowest BCUT2D eigenvalue weighted by Crippen LogP contribution is -2.44. The minimum Gasteiger partial charge on any atom is -0.460 e. The van der Waals surface area contributed by atoms with E-state index < -0.39 is 19.6 Å². The topological polar surface area (TPSA) is 55.8 Å². The third kappa shape index (κ3) is 6.14. The van der Waals surface area contributed by atoms with Crippen LogP contribution in [-0.2, 0) is 25.4 Å². The molecule has 1 heterocycles. The number of rotatable bonds is 7. The molecule has 0 aromatic heterocycles. The molecule has 150 valence electrons. The van der Waals surface area contributed by atoms with Crippen LogP contribution in [0.2, 0.25) is 18.1 Å². The Labute approximate surface area is 168 Å². The second-order valence-electron chi connectivity index (χ2n) is 8.63. The van der Waals surface area contributed by atoms with Gasteiger partial charge in [0.15, 0.2) is 8.32 Å². The standard InChI is InChI=1S/C20H30ClNO4Si/c1-20(2,3)27(4,5)26-16-11-17(19(21)24)22(12-16)13-18(23)25-14-15-9-7-6-8-10-15/h6-10,16-17H,11-14H2,1-5H3/t16?,17-/m1/s1. The van der Waals surface area contributed by atoms with Crippen LogP contribution in [-0.4, -0.2) is 49.7 Å². The van der Waals surface area contributed by atoms with Crippen molar-refractivity contribution in [2.45, 2.75) is 64.1 Å². The highest BCUT2D eigenvalue weighted by atomic mass is 35.5. The van der Waals surface area contributed by atoms with E-state index in [2.05, 4.69) is 33.9 Å². The van der Waals surface area contributed by atoms with Crippen molar-refractivity contribution >= 4 is 31.1 Å². The smallest absolute Gasteiger partial charge is 0.320 e. The van der Waals surface area contributed by atoms with Crippen LogP contribution < -0.4 is 0 Å². The summed E-state index contributed by atoms with van der Waals surface area (Å²) in [5.74, 6) is -0.366. The van der Waals surface area contributed by atoms with Gasteiger partial charge in [0.1, 0.15) is 6.61 Å². The van der Waals surface area contributed by atoms with Gasteiger partial charge < -0.3 is 9.16 Å². The van der Waals surface area contributed by atoms with Crippen LogP contribution in [0.4, 0.5) is 0 Å². The Hall–Kier alpha value is -1.21. The molecule has 7 heteroatoms. The predicted molar refractivity (Wildman–Crippen MR) is 109 cm³/mol. The first-order chi connectivity index (χ1) is 12.5. The van der Waals surface area contributed by atoms with Crippen molar-refractivity contribution in [1.29, 1.82) is 0 Å². The molecule has 2 atom stereocenters. The fraction of sp³-hybridized carbons (Fsp3) is 0.600. The first-order valence-electron chi connectivity index (χ1n) is 9.30. The van der Waals surface area contributed by atoms with Crippen molar-refractivity contribution < 1.29 is 18.8 Å². The monoisotopic (exact) mass is 411 g/mol. The van der Waals surface area contributed by atoms with Crippen molar-refractivity contribution in [3.05, 3.63) is 35.9 Å². The summed E-state index contributed by atoms with van der Waals surface area (Å²) in [7, 11) is -1.96. The normalized spacial score (nSPS) is 21.3. The van der Waals surface area contributed by atoms with Gasteiger partial charge in [0.2, 0.25) is 5.24 Å². The molecule has 1 aromatic carbocycles. The van der Waals surface area contributed by atoms with Gasteiger partial charge in [-0.15, -0.1) is 0 Å². The van der Waals surface area contributed by atoms with Crippen LogP contribution in [0.5, 0.6) is 0 Å². The zero-order valence-corrected chi connectivity index (χ0v) is 18.6. The van der Waals surface area contributed by atoms with Crippen molar-refractivity contribution in [3.8, 4) is 0 Å². The fourth-order valence-electron chi connectivity index (χ4n) is 2.90. The first kappa shape index (κ1) is 22.1. The Morgan fingerprint density at radius 1 is 1.22 bits per heavy atom. The number of hydrogen-bond donors (Lipinski definition) is 0. The summed E-state index contributed by atoms with van der Waals surface area (Å²) in [6, 6.07) is 9.00. The Morgan fingerprint density at radius 2 is 1.85 bits per heavy atom. The Bertz CT molecular complexity index is 660. The molecule has 0 amide bonds. The maximum atomic E-state index is 12.2. The molecule has 1 aromatic rings. The van der Waals surface area contributed by atoms with Crippen molar-refractivity contribution in [2.75, 3.05) is 13.1 Å². The van der Waals surface area contributed by atoms with E-state index in [0.717, 1.165) is 5.56 Å². The van der Waals surface area contributed by atoms with Crippen LogP contribution in [0.15, 0.2) is 30.3 Å². The van der Waals surface area contributed by atoms with Crippen LogP contribution in [0, 0.1) is 0 Å². The van der Waals surface area contributed by atoms with Gasteiger partial charge in [-0.05, 0) is 41.7 Å². The van der Waals surface area contributed by atoms with E-state index >= 15 is 0 Å². The lowest BCUT2D eigenvalue weighted by molar-refractivity contribution is -0.146. The van der Waals surface area contributed by atoms with Gasteiger partial charge in [0.05, 0.1) is 18.7 Å². The molecule has 1 saturated heterocycles. The third-order valence-corrected chi connectivity index (χ3v) is 10.3. The number of ether oxygens (including phenoxy) is 1. The molecule has 0 radical (unpaired) electrons. The van der Waals surface area contributed by atoms with Gasteiger partial charge in [-0.2, -0.15) is 0 Å². The van der Waals surface area contributed by atoms with E-state index in [1.807, 2.05) is 30.3 Å². The number of carbonyl (C=O) groups excluding carboxylic acids is 2. The SMILES string of the molecule is CC(C)(C)[Si](C)(C)OC1C[C@H](C(=O)Cl)N(CC(=O)OCc2ccccc2)C1. The lowest BCUT2D eigenvalue weighted by Gasteiger charge is -2.38. The third-order valence-electron chi connectivity index (χ3n) is 5.47. The summed E-state index contributed by atoms with van der Waals surface area (Å²) in [6.45, 7) is 11.7. The van der Waals surface area contributed by atoms with E-state index in [1.165, 1.54) is 0 Å². The Balaban J connectivity index is 1.94. The molecular formula is C20H30ClNO4Si. The lowest BCUT2D eigenvalue weighted by atomic mass is 10.2. The molecule has 0 N–H and O–H groups in total. The Kier molecular flexibility index (Phi) is 7.25. The molecular weight excluding hydrogens is 382 g/mol. The summed E-state index contributed by atoms with van der Waals surface area (Å²) in [4.78, 5) is 25.9. The second kappa shape index (κ2) is 8.86. The van der Waals surface area contributed by atoms with E-state index in [4.69, 9.17) is 20.8 Å². The Morgan fingerprint density at radius 3 is 2.41 bits per heavy atom. The fourth-order valence-corrected chi connectivity index (χ4v) is 4.49. The molecule has 0 spiro atoms. The molecule has 1 aliphatic rings. The summed E-state index contributed by atoms with van der Waals surface area (Å²) in [6.07, 6.45) is 0.418. The first-order valence-corrected chi connectivity index (χ1v) is 12.6. The maximum absolute atomic E-state index is 12.2. The van der Waals surface area contributed by atoms with E-state index in [9.17, 15) is 9.59 Å². The van der Waals surface area contributed by atoms with Crippen LogP contribution >= 0.6 is 11.6 Å². The number of esters is 1. The largest absolute Gasteiger partial charge is 0.460 e. The zero-order valence-electron chi connectivity index (χ0n) is 16.8. The summed E-state index contributed by atoms with van der Waals surface area (Å²) in [5, 5.41) is -0.373. The number of carbonyl (C=O) groups is 2. The van der Waals surface area contributed by atoms with Crippen molar-refractivity contribution in [1.82, 2.24) is 4.90 Å². The molecule has 1 unspecified atom stereocenters. The van der Waals surface area contributed by atoms with Crippen LogP contribution in [0.3, 0.4) is 0 Å². The molecule has 0 aliphatic carbocycles. The summed E-state index contributed by atoms with van der Waals surface area (Å²) in [5.41, 5.74) is 0.927. The van der Waals surface area contributed by atoms with Crippen LogP contribution in [0.1, 0.15) is 32.8 Å². The molecule has 5 nitrogen and oxygen atoms in total. The van der Waals surface area contributed by atoms with E-state index in [-0.39, 0.29) is 30.3 Å². The quantitative estimate of drug-likeness (QED) is 0.386. The molecule has 0 bridgehead atoms. The highest BCUT2D eigenvalue weighted by Gasteiger charge is 2.44. The average Bonchev–Trinajstić information content (AvgIpc) is 2.94. The highest BCUT2D eigenvalue weighted by molar-refractivity contribution is 6.74. The number of halogens is 1. The second-order valence-corrected chi connectivity index (χ2v) is 13.8. The van der Waals surface area contributed by atoms with E-state index in [1.54, 1.807) is 4.90 Å². The molecule has 2 rings (SSSR count). The minimum absolute atomic E-state index is 0.0350. The molecule has 1 aliphatic heterocycles.